The molecule has 102 valence electrons. The predicted molar refractivity (Wildman–Crippen MR) is 69.4 cm³/mol. The van der Waals surface area contributed by atoms with Gasteiger partial charge in [0.2, 0.25) is 6.54 Å². The van der Waals surface area contributed by atoms with Crippen LogP contribution in [0.4, 0.5) is 0 Å². The van der Waals surface area contributed by atoms with Gasteiger partial charge in [0.1, 0.15) is 0 Å². The zero-order valence-electron chi connectivity index (χ0n) is 10.9. The summed E-state index contributed by atoms with van der Waals surface area (Å²) in [5, 5.41) is 10.9. The Labute approximate surface area is 111 Å². The molecule has 2 rings (SSSR count). The first-order valence-corrected chi connectivity index (χ1v) is 6.39. The molecular formula is C14H17NO4. The minimum atomic E-state index is -0.626. The highest BCUT2D eigenvalue weighted by Crippen LogP contribution is 2.40. The molecule has 1 aliphatic rings. The van der Waals surface area contributed by atoms with Crippen molar-refractivity contribution < 1.29 is 14.5 Å². The van der Waals surface area contributed by atoms with Crippen LogP contribution in [0.25, 0.3) is 0 Å². The summed E-state index contributed by atoms with van der Waals surface area (Å²) >= 11 is 0. The minimum absolute atomic E-state index is 0.108. The third-order valence-corrected chi connectivity index (χ3v) is 3.54. The Kier molecular flexibility index (Phi) is 3.83. The highest BCUT2D eigenvalue weighted by Gasteiger charge is 2.43. The van der Waals surface area contributed by atoms with Crippen LogP contribution in [-0.4, -0.2) is 24.0 Å². The van der Waals surface area contributed by atoms with Crippen molar-refractivity contribution in [2.45, 2.75) is 26.2 Å². The number of fused-ring (bicyclic) bond motifs is 1. The Morgan fingerprint density at radius 3 is 2.42 bits per heavy atom. The maximum absolute atomic E-state index is 11.7. The van der Waals surface area contributed by atoms with E-state index in [2.05, 4.69) is 0 Å². The molecule has 5 nitrogen and oxygen atoms in total. The fourth-order valence-corrected chi connectivity index (χ4v) is 2.86. The standard InChI is InChI=1S/C14H17NO4/c1-2-19-13(16)9-14(10-15(17)18)7-11-5-3-4-6-12(11)8-14/h3-6H,2,7-10H2,1H3. The highest BCUT2D eigenvalue weighted by atomic mass is 16.6. The molecule has 0 saturated carbocycles. The van der Waals surface area contributed by atoms with Crippen molar-refractivity contribution >= 4 is 5.97 Å². The van der Waals surface area contributed by atoms with E-state index in [1.54, 1.807) is 6.92 Å². The molecule has 0 heterocycles. The number of benzene rings is 1. The topological polar surface area (TPSA) is 69.4 Å². The third-order valence-electron chi connectivity index (χ3n) is 3.54. The van der Waals surface area contributed by atoms with Gasteiger partial charge in [-0.3, -0.25) is 14.9 Å². The maximum atomic E-state index is 11.7. The Morgan fingerprint density at radius 1 is 1.37 bits per heavy atom. The van der Waals surface area contributed by atoms with Gasteiger partial charge in [0.25, 0.3) is 0 Å². The van der Waals surface area contributed by atoms with Gasteiger partial charge in [-0.1, -0.05) is 24.3 Å². The second-order valence-electron chi connectivity index (χ2n) is 5.09. The summed E-state index contributed by atoms with van der Waals surface area (Å²) in [5.74, 6) is -0.350. The third kappa shape index (κ3) is 3.10. The van der Waals surface area contributed by atoms with Crippen LogP contribution >= 0.6 is 0 Å². The number of rotatable bonds is 5. The lowest BCUT2D eigenvalue weighted by atomic mass is 9.81. The average Bonchev–Trinajstić information content (AvgIpc) is 2.65. The van der Waals surface area contributed by atoms with Crippen LogP contribution in [0.5, 0.6) is 0 Å². The lowest BCUT2D eigenvalue weighted by Gasteiger charge is -2.23. The number of nitro groups is 1. The van der Waals surface area contributed by atoms with E-state index in [-0.39, 0.29) is 23.9 Å². The summed E-state index contributed by atoms with van der Waals surface area (Å²) in [6.07, 6.45) is 1.25. The van der Waals surface area contributed by atoms with Crippen molar-refractivity contribution in [1.82, 2.24) is 0 Å². The molecule has 0 amide bonds. The molecular weight excluding hydrogens is 246 g/mol. The quantitative estimate of drug-likeness (QED) is 0.463. The molecule has 0 radical (unpaired) electrons. The first kappa shape index (κ1) is 13.5. The first-order chi connectivity index (χ1) is 9.04. The molecule has 0 atom stereocenters. The van der Waals surface area contributed by atoms with E-state index in [1.165, 1.54) is 0 Å². The molecule has 0 unspecified atom stereocenters. The molecule has 0 bridgehead atoms. The van der Waals surface area contributed by atoms with Crippen molar-refractivity contribution in [3.63, 3.8) is 0 Å². The lowest BCUT2D eigenvalue weighted by molar-refractivity contribution is -0.497. The molecule has 0 N–H and O–H groups in total. The lowest BCUT2D eigenvalue weighted by Crippen LogP contribution is -2.34. The number of hydrogen-bond acceptors (Lipinski definition) is 4. The molecule has 0 spiro atoms. The Morgan fingerprint density at radius 2 is 1.95 bits per heavy atom. The van der Waals surface area contributed by atoms with E-state index >= 15 is 0 Å². The van der Waals surface area contributed by atoms with Crippen LogP contribution in [0.3, 0.4) is 0 Å². The molecule has 0 aliphatic heterocycles. The second-order valence-corrected chi connectivity index (χ2v) is 5.09. The maximum Gasteiger partial charge on any atom is 0.306 e. The van der Waals surface area contributed by atoms with Gasteiger partial charge in [-0.05, 0) is 30.9 Å². The Balaban J connectivity index is 2.19. The summed E-state index contributed by atoms with van der Waals surface area (Å²) in [6, 6.07) is 7.79. The molecule has 0 fully saturated rings. The molecule has 19 heavy (non-hydrogen) atoms. The SMILES string of the molecule is CCOC(=O)CC1(C[N+](=O)[O-])Cc2ccccc2C1. The van der Waals surface area contributed by atoms with Crippen LogP contribution in [0, 0.1) is 15.5 Å². The van der Waals surface area contributed by atoms with Crippen LogP contribution in [0.2, 0.25) is 0 Å². The smallest absolute Gasteiger partial charge is 0.306 e. The van der Waals surface area contributed by atoms with Crippen LogP contribution < -0.4 is 0 Å². The second kappa shape index (κ2) is 5.38. The Hall–Kier alpha value is -1.91. The van der Waals surface area contributed by atoms with Gasteiger partial charge in [0, 0.05) is 4.92 Å². The molecule has 1 aliphatic carbocycles. The minimum Gasteiger partial charge on any atom is -0.466 e. The monoisotopic (exact) mass is 263 g/mol. The molecule has 1 aromatic rings. The zero-order chi connectivity index (χ0) is 13.9. The number of carbonyl (C=O) groups excluding carboxylic acids is 1. The highest BCUT2D eigenvalue weighted by molar-refractivity contribution is 5.70. The van der Waals surface area contributed by atoms with E-state index in [4.69, 9.17) is 4.74 Å². The summed E-state index contributed by atoms with van der Waals surface area (Å²) in [7, 11) is 0. The molecule has 0 aromatic heterocycles. The summed E-state index contributed by atoms with van der Waals surface area (Å²) in [4.78, 5) is 22.3. The van der Waals surface area contributed by atoms with Crippen molar-refractivity contribution in [2.24, 2.45) is 5.41 Å². The van der Waals surface area contributed by atoms with Gasteiger partial charge in [-0.2, -0.15) is 0 Å². The normalized spacial score (nSPS) is 15.8. The fourth-order valence-electron chi connectivity index (χ4n) is 2.86. The van der Waals surface area contributed by atoms with Crippen molar-refractivity contribution in [1.29, 1.82) is 0 Å². The summed E-state index contributed by atoms with van der Waals surface area (Å²) in [6.45, 7) is 1.85. The zero-order valence-corrected chi connectivity index (χ0v) is 10.9. The van der Waals surface area contributed by atoms with E-state index in [0.717, 1.165) is 11.1 Å². The molecule has 1 aromatic carbocycles. The van der Waals surface area contributed by atoms with Gasteiger partial charge in [0.15, 0.2) is 0 Å². The van der Waals surface area contributed by atoms with Gasteiger partial charge in [0.05, 0.1) is 18.4 Å². The van der Waals surface area contributed by atoms with E-state index in [1.807, 2.05) is 24.3 Å². The largest absolute Gasteiger partial charge is 0.466 e. The molecule has 0 saturated heterocycles. The number of esters is 1. The number of ether oxygens (including phenoxy) is 1. The van der Waals surface area contributed by atoms with Gasteiger partial charge >= 0.3 is 5.97 Å². The first-order valence-electron chi connectivity index (χ1n) is 6.39. The van der Waals surface area contributed by atoms with Crippen molar-refractivity contribution in [3.05, 3.63) is 45.5 Å². The number of nitrogens with zero attached hydrogens (tertiary/aromatic N) is 1. The number of carbonyl (C=O) groups is 1. The van der Waals surface area contributed by atoms with E-state index in [9.17, 15) is 14.9 Å². The summed E-state index contributed by atoms with van der Waals surface area (Å²) in [5.41, 5.74) is 1.58. The fraction of sp³-hybridized carbons (Fsp3) is 0.500. The van der Waals surface area contributed by atoms with Crippen LogP contribution in [-0.2, 0) is 22.4 Å². The van der Waals surface area contributed by atoms with Crippen molar-refractivity contribution in [3.8, 4) is 0 Å². The van der Waals surface area contributed by atoms with Crippen LogP contribution in [0.1, 0.15) is 24.5 Å². The summed E-state index contributed by atoms with van der Waals surface area (Å²) < 4.78 is 4.95. The van der Waals surface area contributed by atoms with Gasteiger partial charge in [-0.15, -0.1) is 0 Å². The van der Waals surface area contributed by atoms with Gasteiger partial charge < -0.3 is 4.74 Å². The van der Waals surface area contributed by atoms with E-state index < -0.39 is 5.41 Å². The van der Waals surface area contributed by atoms with Crippen LogP contribution in [0.15, 0.2) is 24.3 Å². The van der Waals surface area contributed by atoms with Crippen molar-refractivity contribution in [2.75, 3.05) is 13.2 Å². The molecule has 5 heteroatoms. The average molecular weight is 263 g/mol. The predicted octanol–water partition coefficient (Wildman–Crippen LogP) is 2.00. The van der Waals surface area contributed by atoms with Gasteiger partial charge in [-0.25, -0.2) is 0 Å². The number of hydrogen-bond donors (Lipinski definition) is 0. The van der Waals surface area contributed by atoms with E-state index in [0.29, 0.717) is 19.4 Å². The Bertz CT molecular complexity index is 473.